The van der Waals surface area contributed by atoms with Crippen LogP contribution >= 0.6 is 0 Å². The van der Waals surface area contributed by atoms with Crippen LogP contribution in [0, 0.1) is 0 Å². The van der Waals surface area contributed by atoms with E-state index in [0.717, 1.165) is 41.9 Å². The first-order chi connectivity index (χ1) is 10.3. The van der Waals surface area contributed by atoms with Crippen molar-refractivity contribution in [1.82, 2.24) is 0 Å². The molecule has 0 aliphatic heterocycles. The number of halogens is 1. The van der Waals surface area contributed by atoms with Gasteiger partial charge in [-0.2, -0.15) is 0 Å². The van der Waals surface area contributed by atoms with Crippen molar-refractivity contribution in [2.75, 3.05) is 6.61 Å². The molecule has 0 spiro atoms. The fraction of sp³-hybridized carbons (Fsp3) is 0.263. The molecule has 2 rings (SSSR count). The Morgan fingerprint density at radius 1 is 0.952 bits per heavy atom. The third-order valence-corrected chi connectivity index (χ3v) is 3.35. The van der Waals surface area contributed by atoms with E-state index in [-0.39, 0.29) is 0 Å². The van der Waals surface area contributed by atoms with Crippen molar-refractivity contribution in [2.45, 2.75) is 26.2 Å². The highest BCUT2D eigenvalue weighted by Crippen LogP contribution is 2.23. The van der Waals surface area contributed by atoms with E-state index in [4.69, 9.17) is 4.74 Å². The molecule has 1 nitrogen and oxygen atoms in total. The van der Waals surface area contributed by atoms with Crippen LogP contribution in [0.25, 0.3) is 11.1 Å². The van der Waals surface area contributed by atoms with Gasteiger partial charge in [0.1, 0.15) is 5.75 Å². The first-order valence-corrected chi connectivity index (χ1v) is 7.41. The highest BCUT2D eigenvalue weighted by Gasteiger charge is 1.99. The molecule has 0 N–H and O–H groups in total. The molecular formula is C19H21FO. The maximum absolute atomic E-state index is 12.0. The van der Waals surface area contributed by atoms with Crippen molar-refractivity contribution < 1.29 is 9.13 Å². The second-order valence-electron chi connectivity index (χ2n) is 4.99. The SMILES string of the molecule is CCCCOc1ccc(-c2ccc(C/C=C/F)cc2)cc1. The lowest BCUT2D eigenvalue weighted by Crippen LogP contribution is -1.95. The largest absolute Gasteiger partial charge is 0.494 e. The van der Waals surface area contributed by atoms with Gasteiger partial charge in [-0.3, -0.25) is 0 Å². The summed E-state index contributed by atoms with van der Waals surface area (Å²) in [5.74, 6) is 0.914. The van der Waals surface area contributed by atoms with Crippen molar-refractivity contribution in [3.8, 4) is 16.9 Å². The van der Waals surface area contributed by atoms with Gasteiger partial charge in [0.15, 0.2) is 0 Å². The van der Waals surface area contributed by atoms with Crippen LogP contribution in [-0.4, -0.2) is 6.61 Å². The van der Waals surface area contributed by atoms with E-state index in [1.807, 2.05) is 24.3 Å². The van der Waals surface area contributed by atoms with Gasteiger partial charge in [-0.25, -0.2) is 4.39 Å². The molecule has 0 heterocycles. The Balaban J connectivity index is 2.01. The van der Waals surface area contributed by atoms with Crippen LogP contribution in [0.3, 0.4) is 0 Å². The van der Waals surface area contributed by atoms with Gasteiger partial charge >= 0.3 is 0 Å². The van der Waals surface area contributed by atoms with E-state index >= 15 is 0 Å². The Morgan fingerprint density at radius 3 is 2.14 bits per heavy atom. The number of rotatable bonds is 7. The van der Waals surface area contributed by atoms with Gasteiger partial charge in [-0.1, -0.05) is 55.8 Å². The van der Waals surface area contributed by atoms with E-state index in [0.29, 0.717) is 12.8 Å². The van der Waals surface area contributed by atoms with E-state index < -0.39 is 0 Å². The minimum absolute atomic E-state index is 0.588. The molecule has 2 heteroatoms. The molecule has 0 bridgehead atoms. The number of benzene rings is 2. The zero-order valence-electron chi connectivity index (χ0n) is 12.4. The maximum Gasteiger partial charge on any atom is 0.119 e. The number of ether oxygens (including phenoxy) is 1. The van der Waals surface area contributed by atoms with Crippen LogP contribution in [-0.2, 0) is 6.42 Å². The molecule has 2 aromatic carbocycles. The summed E-state index contributed by atoms with van der Waals surface area (Å²) in [5, 5.41) is 0. The van der Waals surface area contributed by atoms with Crippen molar-refractivity contribution in [3.05, 3.63) is 66.5 Å². The Labute approximate surface area is 126 Å². The topological polar surface area (TPSA) is 9.23 Å². The predicted molar refractivity (Wildman–Crippen MR) is 86.2 cm³/mol. The molecule has 0 unspecified atom stereocenters. The molecule has 0 aliphatic rings. The summed E-state index contributed by atoms with van der Waals surface area (Å²) in [4.78, 5) is 0. The highest BCUT2D eigenvalue weighted by atomic mass is 19.1. The predicted octanol–water partition coefficient (Wildman–Crippen LogP) is 5.56. The number of allylic oxidation sites excluding steroid dienone is 1. The Hall–Kier alpha value is -2.09. The summed E-state index contributed by atoms with van der Waals surface area (Å²) in [5.41, 5.74) is 3.42. The quantitative estimate of drug-likeness (QED) is 0.605. The molecule has 0 saturated carbocycles. The number of unbranched alkanes of at least 4 members (excludes halogenated alkanes) is 1. The molecule has 21 heavy (non-hydrogen) atoms. The van der Waals surface area contributed by atoms with Crippen molar-refractivity contribution in [1.29, 1.82) is 0 Å². The molecule has 0 atom stereocenters. The van der Waals surface area contributed by atoms with Gasteiger partial charge in [0.25, 0.3) is 0 Å². The summed E-state index contributed by atoms with van der Waals surface area (Å²) in [6.07, 6.45) is 4.95. The molecular weight excluding hydrogens is 263 g/mol. The fourth-order valence-electron chi connectivity index (χ4n) is 2.09. The van der Waals surface area contributed by atoms with Gasteiger partial charge in [0, 0.05) is 0 Å². The van der Waals surface area contributed by atoms with Crippen molar-refractivity contribution >= 4 is 0 Å². The molecule has 0 aliphatic carbocycles. The van der Waals surface area contributed by atoms with E-state index in [1.165, 1.54) is 6.08 Å². The third-order valence-electron chi connectivity index (χ3n) is 3.35. The molecule has 0 radical (unpaired) electrons. The lowest BCUT2D eigenvalue weighted by Gasteiger charge is -2.07. The minimum Gasteiger partial charge on any atom is -0.494 e. The summed E-state index contributed by atoms with van der Waals surface area (Å²) < 4.78 is 17.6. The number of hydrogen-bond donors (Lipinski definition) is 0. The van der Waals surface area contributed by atoms with Crippen LogP contribution in [0.5, 0.6) is 5.75 Å². The standard InChI is InChI=1S/C19H21FO/c1-2-3-15-21-19-12-10-18(11-13-19)17-8-6-16(7-9-17)5-4-14-20/h4,6-14H,2-3,5,15H2,1H3/b14-4+. The lowest BCUT2D eigenvalue weighted by molar-refractivity contribution is 0.309. The summed E-state index contributed by atoms with van der Waals surface area (Å²) in [6.45, 7) is 2.92. The number of hydrogen-bond acceptors (Lipinski definition) is 1. The monoisotopic (exact) mass is 284 g/mol. The average Bonchev–Trinajstić information content (AvgIpc) is 2.54. The van der Waals surface area contributed by atoms with Crippen LogP contribution in [0.4, 0.5) is 4.39 Å². The van der Waals surface area contributed by atoms with Crippen LogP contribution in [0.1, 0.15) is 25.3 Å². The Kier molecular flexibility index (Phi) is 6.01. The zero-order valence-corrected chi connectivity index (χ0v) is 12.4. The molecule has 0 aromatic heterocycles. The zero-order chi connectivity index (χ0) is 14.9. The van der Waals surface area contributed by atoms with E-state index in [9.17, 15) is 4.39 Å². The lowest BCUT2D eigenvalue weighted by atomic mass is 10.0. The maximum atomic E-state index is 12.0. The van der Waals surface area contributed by atoms with Crippen LogP contribution in [0.15, 0.2) is 60.9 Å². The van der Waals surface area contributed by atoms with Crippen LogP contribution in [0.2, 0.25) is 0 Å². The van der Waals surface area contributed by atoms with Gasteiger partial charge in [0.2, 0.25) is 0 Å². The molecule has 0 saturated heterocycles. The summed E-state index contributed by atoms with van der Waals surface area (Å²) in [7, 11) is 0. The minimum atomic E-state index is 0.588. The second-order valence-corrected chi connectivity index (χ2v) is 4.99. The molecule has 0 fully saturated rings. The average molecular weight is 284 g/mol. The Morgan fingerprint density at radius 2 is 1.57 bits per heavy atom. The normalized spacial score (nSPS) is 11.0. The third kappa shape index (κ3) is 4.75. The molecule has 0 amide bonds. The van der Waals surface area contributed by atoms with Gasteiger partial charge in [-0.15, -0.1) is 0 Å². The van der Waals surface area contributed by atoms with Crippen molar-refractivity contribution in [2.24, 2.45) is 0 Å². The van der Waals surface area contributed by atoms with E-state index in [1.54, 1.807) is 0 Å². The Bertz CT molecular complexity index is 555. The van der Waals surface area contributed by atoms with Gasteiger partial charge < -0.3 is 4.74 Å². The molecule has 2 aromatic rings. The van der Waals surface area contributed by atoms with Crippen molar-refractivity contribution in [3.63, 3.8) is 0 Å². The first kappa shape index (κ1) is 15.3. The first-order valence-electron chi connectivity index (χ1n) is 7.41. The molecule has 110 valence electrons. The van der Waals surface area contributed by atoms with Gasteiger partial charge in [0.05, 0.1) is 12.9 Å². The second kappa shape index (κ2) is 8.25. The van der Waals surface area contributed by atoms with Crippen LogP contribution < -0.4 is 4.74 Å². The fourth-order valence-corrected chi connectivity index (χ4v) is 2.09. The highest BCUT2D eigenvalue weighted by molar-refractivity contribution is 5.64. The summed E-state index contributed by atoms with van der Waals surface area (Å²) in [6, 6.07) is 16.3. The van der Waals surface area contributed by atoms with Gasteiger partial charge in [-0.05, 0) is 41.7 Å². The smallest absolute Gasteiger partial charge is 0.119 e. The van der Waals surface area contributed by atoms with E-state index in [2.05, 4.69) is 31.2 Å². The summed E-state index contributed by atoms with van der Waals surface area (Å²) >= 11 is 0.